The van der Waals surface area contributed by atoms with Crippen LogP contribution in [0.4, 0.5) is 11.6 Å². The molecule has 0 aromatic carbocycles. The van der Waals surface area contributed by atoms with E-state index >= 15 is 0 Å². The third-order valence-corrected chi connectivity index (χ3v) is 6.33. The summed E-state index contributed by atoms with van der Waals surface area (Å²) in [6.07, 6.45) is 12.1. The topological polar surface area (TPSA) is 93.7 Å². The molecule has 0 bridgehead atoms. The highest BCUT2D eigenvalue weighted by atomic mass is 15.4. The third-order valence-electron chi connectivity index (χ3n) is 6.33. The molecule has 2 atom stereocenters. The van der Waals surface area contributed by atoms with Crippen molar-refractivity contribution in [3.63, 3.8) is 0 Å². The molecule has 0 saturated carbocycles. The maximum absolute atomic E-state index is 4.79. The minimum Gasteiger partial charge on any atom is -0.356 e. The van der Waals surface area contributed by atoms with Crippen molar-refractivity contribution in [2.24, 2.45) is 11.8 Å². The van der Waals surface area contributed by atoms with Gasteiger partial charge in [-0.15, -0.1) is 10.2 Å². The summed E-state index contributed by atoms with van der Waals surface area (Å²) in [5.41, 5.74) is 0. The van der Waals surface area contributed by atoms with Crippen molar-refractivity contribution in [1.29, 1.82) is 0 Å². The second-order valence-corrected chi connectivity index (χ2v) is 8.79. The van der Waals surface area contributed by atoms with Crippen LogP contribution in [0, 0.1) is 18.8 Å². The average molecular weight is 423 g/mol. The summed E-state index contributed by atoms with van der Waals surface area (Å²) >= 11 is 0. The number of aryl methyl sites for hydroxylation is 1. The molecule has 164 valence electrons. The van der Waals surface area contributed by atoms with E-state index < -0.39 is 0 Å². The Morgan fingerprint density at radius 3 is 1.77 bits per heavy atom. The van der Waals surface area contributed by atoms with E-state index in [0.29, 0.717) is 11.8 Å². The Balaban J connectivity index is 1.28. The lowest BCUT2D eigenvalue weighted by Gasteiger charge is -2.36. The lowest BCUT2D eigenvalue weighted by Crippen LogP contribution is -2.39. The molecule has 3 aromatic rings. The molecule has 5 heterocycles. The summed E-state index contributed by atoms with van der Waals surface area (Å²) < 4.78 is 3.88. The van der Waals surface area contributed by atoms with Crippen LogP contribution in [0.25, 0.3) is 0 Å². The summed E-state index contributed by atoms with van der Waals surface area (Å²) in [5.74, 6) is 4.03. The van der Waals surface area contributed by atoms with Crippen LogP contribution >= 0.6 is 0 Å². The van der Waals surface area contributed by atoms with Crippen molar-refractivity contribution < 1.29 is 0 Å². The molecule has 0 spiro atoms. The van der Waals surface area contributed by atoms with Gasteiger partial charge in [-0.05, 0) is 44.4 Å². The van der Waals surface area contributed by atoms with Crippen LogP contribution in [0.3, 0.4) is 0 Å². The fraction of sp³-hybridized carbons (Fsp3) is 0.619. The van der Waals surface area contributed by atoms with E-state index in [1.165, 1.54) is 25.7 Å². The standard InChI is InChI=1S/C21H30N10/c1-17-24-20(28-8-2-4-18(13-28)15-30-10-6-22-26-30)12-21(25-17)29-9-3-5-19(14-29)16-31-11-7-23-27-31/h6-7,10-12,18-19H,2-5,8-9,13-16H2,1H3. The fourth-order valence-corrected chi connectivity index (χ4v) is 4.89. The van der Waals surface area contributed by atoms with Gasteiger partial charge in [0.05, 0.1) is 12.4 Å². The van der Waals surface area contributed by atoms with Gasteiger partial charge in [0, 0.05) is 57.7 Å². The molecule has 0 radical (unpaired) electrons. The highest BCUT2D eigenvalue weighted by Crippen LogP contribution is 2.28. The Labute approximate surface area is 182 Å². The van der Waals surface area contributed by atoms with Crippen molar-refractivity contribution >= 4 is 11.6 Å². The first-order valence-electron chi connectivity index (χ1n) is 11.3. The molecule has 10 heteroatoms. The first-order valence-corrected chi connectivity index (χ1v) is 11.3. The van der Waals surface area contributed by atoms with Crippen molar-refractivity contribution in [3.8, 4) is 0 Å². The van der Waals surface area contributed by atoms with Crippen molar-refractivity contribution in [2.45, 2.75) is 45.7 Å². The third kappa shape index (κ3) is 4.83. The molecule has 3 aromatic heterocycles. The molecule has 5 rings (SSSR count). The predicted octanol–water partition coefficient (Wildman–Crippen LogP) is 1.80. The zero-order valence-electron chi connectivity index (χ0n) is 18.1. The molecule has 2 saturated heterocycles. The largest absolute Gasteiger partial charge is 0.356 e. The normalized spacial score (nSPS) is 22.1. The van der Waals surface area contributed by atoms with Gasteiger partial charge < -0.3 is 9.80 Å². The molecule has 0 aliphatic carbocycles. The highest BCUT2D eigenvalue weighted by molar-refractivity contribution is 5.51. The summed E-state index contributed by atoms with van der Waals surface area (Å²) in [6.45, 7) is 7.88. The number of piperidine rings is 2. The van der Waals surface area contributed by atoms with Gasteiger partial charge in [-0.2, -0.15) is 0 Å². The second kappa shape index (κ2) is 8.99. The number of hydrogen-bond donors (Lipinski definition) is 0. The summed E-state index contributed by atoms with van der Waals surface area (Å²) in [7, 11) is 0. The first kappa shape index (κ1) is 19.9. The Morgan fingerprint density at radius 1 is 0.806 bits per heavy atom. The molecular weight excluding hydrogens is 392 g/mol. The molecule has 2 aliphatic rings. The number of rotatable bonds is 6. The van der Waals surface area contributed by atoms with Gasteiger partial charge in [-0.1, -0.05) is 10.4 Å². The van der Waals surface area contributed by atoms with E-state index in [0.717, 1.165) is 56.7 Å². The summed E-state index contributed by atoms with van der Waals surface area (Å²) in [5, 5.41) is 16.1. The summed E-state index contributed by atoms with van der Waals surface area (Å²) in [4.78, 5) is 14.4. The molecule has 0 amide bonds. The monoisotopic (exact) mass is 422 g/mol. The van der Waals surface area contributed by atoms with E-state index in [9.17, 15) is 0 Å². The lowest BCUT2D eigenvalue weighted by molar-refractivity contribution is 0.345. The van der Waals surface area contributed by atoms with Gasteiger partial charge in [-0.3, -0.25) is 9.36 Å². The Hall–Kier alpha value is -3.04. The first-order chi connectivity index (χ1) is 15.2. The van der Waals surface area contributed by atoms with Crippen LogP contribution in [0.5, 0.6) is 0 Å². The minimum atomic E-state index is 0.552. The quantitative estimate of drug-likeness (QED) is 0.594. The smallest absolute Gasteiger partial charge is 0.134 e. The van der Waals surface area contributed by atoms with Crippen molar-refractivity contribution in [1.82, 2.24) is 40.0 Å². The van der Waals surface area contributed by atoms with Gasteiger partial charge in [0.2, 0.25) is 0 Å². The van der Waals surface area contributed by atoms with E-state index in [4.69, 9.17) is 9.97 Å². The maximum atomic E-state index is 4.79. The van der Waals surface area contributed by atoms with Gasteiger partial charge in [0.15, 0.2) is 0 Å². The van der Waals surface area contributed by atoms with Crippen LogP contribution in [0.15, 0.2) is 30.9 Å². The lowest BCUT2D eigenvalue weighted by atomic mass is 9.97. The highest BCUT2D eigenvalue weighted by Gasteiger charge is 2.25. The minimum absolute atomic E-state index is 0.552. The summed E-state index contributed by atoms with van der Waals surface area (Å²) in [6, 6.07) is 2.18. The molecule has 2 aliphatic heterocycles. The van der Waals surface area contributed by atoms with Crippen molar-refractivity contribution in [3.05, 3.63) is 36.7 Å². The van der Waals surface area contributed by atoms with Crippen LogP contribution < -0.4 is 9.80 Å². The van der Waals surface area contributed by atoms with E-state index in [1.807, 2.05) is 28.7 Å². The van der Waals surface area contributed by atoms with E-state index in [1.54, 1.807) is 12.4 Å². The van der Waals surface area contributed by atoms with Crippen LogP contribution in [0.2, 0.25) is 0 Å². The molecular formula is C21H30N10. The Bertz CT molecular complexity index is 880. The van der Waals surface area contributed by atoms with Gasteiger partial charge in [0.1, 0.15) is 17.5 Å². The van der Waals surface area contributed by atoms with E-state index in [-0.39, 0.29) is 0 Å². The van der Waals surface area contributed by atoms with Gasteiger partial charge >= 0.3 is 0 Å². The number of nitrogens with zero attached hydrogens (tertiary/aromatic N) is 10. The zero-order valence-corrected chi connectivity index (χ0v) is 18.1. The van der Waals surface area contributed by atoms with E-state index in [2.05, 4.69) is 36.5 Å². The van der Waals surface area contributed by atoms with Crippen molar-refractivity contribution in [2.75, 3.05) is 36.0 Å². The number of anilines is 2. The predicted molar refractivity (Wildman–Crippen MR) is 117 cm³/mol. The number of aromatic nitrogens is 8. The molecule has 10 nitrogen and oxygen atoms in total. The SMILES string of the molecule is Cc1nc(N2CCCC(Cn3ccnn3)C2)cc(N2CCCC(Cn3ccnn3)C2)n1. The molecule has 0 N–H and O–H groups in total. The zero-order chi connectivity index (χ0) is 21.0. The van der Waals surface area contributed by atoms with Gasteiger partial charge in [0.25, 0.3) is 0 Å². The number of hydrogen-bond acceptors (Lipinski definition) is 8. The maximum Gasteiger partial charge on any atom is 0.134 e. The van der Waals surface area contributed by atoms with Crippen LogP contribution in [-0.4, -0.2) is 66.1 Å². The van der Waals surface area contributed by atoms with Crippen LogP contribution in [-0.2, 0) is 13.1 Å². The molecule has 2 fully saturated rings. The second-order valence-electron chi connectivity index (χ2n) is 8.79. The fourth-order valence-electron chi connectivity index (χ4n) is 4.89. The van der Waals surface area contributed by atoms with Crippen LogP contribution in [0.1, 0.15) is 31.5 Å². The Kier molecular flexibility index (Phi) is 5.77. The average Bonchev–Trinajstić information content (AvgIpc) is 3.48. The molecule has 31 heavy (non-hydrogen) atoms. The van der Waals surface area contributed by atoms with Gasteiger partial charge in [-0.25, -0.2) is 9.97 Å². The molecule has 2 unspecified atom stereocenters. The Morgan fingerprint density at radius 2 is 1.32 bits per heavy atom.